The molecule has 1 heterocycles. The van der Waals surface area contributed by atoms with Crippen molar-refractivity contribution >= 4 is 38.4 Å². The molecule has 1 aromatic heterocycles. The second-order valence-electron chi connectivity index (χ2n) is 4.48. The van der Waals surface area contributed by atoms with Gasteiger partial charge in [-0.05, 0) is 47.2 Å². The molecule has 0 bridgehead atoms. The molecule has 0 aliphatic rings. The lowest BCUT2D eigenvalue weighted by Crippen LogP contribution is -2.05. The quantitative estimate of drug-likeness (QED) is 0.339. The summed E-state index contributed by atoms with van der Waals surface area (Å²) in [6.45, 7) is 2.29. The summed E-state index contributed by atoms with van der Waals surface area (Å²) < 4.78 is 0. The van der Waals surface area contributed by atoms with Crippen LogP contribution in [0.4, 0.5) is 27.1 Å². The Hall–Kier alpha value is -2.72. The third-order valence-electron chi connectivity index (χ3n) is 2.85. The van der Waals surface area contributed by atoms with Gasteiger partial charge in [-0.2, -0.15) is 0 Å². The van der Waals surface area contributed by atoms with E-state index in [1.54, 1.807) is 12.1 Å². The topological polar surface area (TPSA) is 130 Å². The number of benzene rings is 1. The maximum atomic E-state index is 10.7. The highest BCUT2D eigenvalue weighted by Crippen LogP contribution is 2.42. The molecule has 0 saturated heterocycles. The summed E-state index contributed by atoms with van der Waals surface area (Å²) in [6, 6.07) is 6.39. The van der Waals surface area contributed by atoms with Gasteiger partial charge in [0.2, 0.25) is 0 Å². The lowest BCUT2D eigenvalue weighted by atomic mass is 10.2. The summed E-state index contributed by atoms with van der Waals surface area (Å²) in [4.78, 5) is 20.8. The fourth-order valence-electron chi connectivity index (χ4n) is 1.76. The first-order chi connectivity index (χ1) is 11.0. The van der Waals surface area contributed by atoms with E-state index in [-0.39, 0.29) is 22.3 Å². The number of nitrogens with zero attached hydrogens (tertiary/aromatic N) is 4. The molecule has 2 N–H and O–H groups in total. The van der Waals surface area contributed by atoms with Crippen molar-refractivity contribution in [1.82, 2.24) is 0 Å². The number of aliphatic hydroxyl groups excluding tert-OH is 1. The summed E-state index contributed by atoms with van der Waals surface area (Å²) in [7, 11) is 0. The van der Waals surface area contributed by atoms with Gasteiger partial charge in [0.25, 0.3) is 0 Å². The molecule has 0 aliphatic carbocycles. The second kappa shape index (κ2) is 7.51. The minimum atomic E-state index is -0.606. The van der Waals surface area contributed by atoms with Gasteiger partial charge in [-0.15, -0.1) is 15.1 Å². The van der Waals surface area contributed by atoms with Gasteiger partial charge in [-0.3, -0.25) is 10.1 Å². The van der Waals surface area contributed by atoms with Crippen LogP contribution in [0.1, 0.15) is 5.56 Å². The Labute approximate surface area is 134 Å². The molecule has 0 radical (unpaired) electrons. The van der Waals surface area contributed by atoms with Crippen molar-refractivity contribution in [1.29, 1.82) is 0 Å². The number of anilines is 1. The standard InChI is InChI=1S/C13H13N5O4S/c1-8-6-9(14-4-5-19)2-3-10(8)15-16-13-11(17-20)7-12(23-13)18(21)22/h2-3,6-7,14,19H,4-5H2,1H3. The van der Waals surface area contributed by atoms with Crippen molar-refractivity contribution in [3.05, 3.63) is 44.9 Å². The van der Waals surface area contributed by atoms with Crippen LogP contribution in [-0.4, -0.2) is 23.2 Å². The number of hydrogen-bond donors (Lipinski definition) is 2. The number of azo groups is 1. The number of aliphatic hydroxyl groups is 1. The lowest BCUT2D eigenvalue weighted by molar-refractivity contribution is -0.380. The Balaban J connectivity index is 2.23. The van der Waals surface area contributed by atoms with E-state index >= 15 is 0 Å². The first-order valence-corrected chi connectivity index (χ1v) is 7.35. The van der Waals surface area contributed by atoms with E-state index in [9.17, 15) is 15.0 Å². The van der Waals surface area contributed by atoms with E-state index in [0.29, 0.717) is 12.2 Å². The number of thiophene rings is 1. The molecule has 0 unspecified atom stereocenters. The average molecular weight is 335 g/mol. The maximum Gasteiger partial charge on any atom is 0.328 e. The highest BCUT2D eigenvalue weighted by molar-refractivity contribution is 7.19. The predicted molar refractivity (Wildman–Crippen MR) is 87.4 cm³/mol. The van der Waals surface area contributed by atoms with Gasteiger partial charge in [0.05, 0.1) is 23.3 Å². The third kappa shape index (κ3) is 4.14. The van der Waals surface area contributed by atoms with E-state index in [1.165, 1.54) is 0 Å². The molecule has 2 aromatic rings. The van der Waals surface area contributed by atoms with Gasteiger partial charge in [0.1, 0.15) is 0 Å². The van der Waals surface area contributed by atoms with Crippen LogP contribution in [0.5, 0.6) is 0 Å². The molecule has 0 aliphatic heterocycles. The minimum absolute atomic E-state index is 0.0269. The third-order valence-corrected chi connectivity index (χ3v) is 3.81. The smallest absolute Gasteiger partial charge is 0.328 e. The molecule has 9 nitrogen and oxygen atoms in total. The van der Waals surface area contributed by atoms with E-state index in [2.05, 4.69) is 20.7 Å². The Morgan fingerprint density at radius 3 is 2.70 bits per heavy atom. The summed E-state index contributed by atoms with van der Waals surface area (Å²) in [5.41, 5.74) is 2.11. The molecular formula is C13H13N5O4S. The van der Waals surface area contributed by atoms with Crippen LogP contribution in [0.15, 0.2) is 39.7 Å². The molecule has 2 rings (SSSR count). The fourth-order valence-corrected chi connectivity index (χ4v) is 2.49. The van der Waals surface area contributed by atoms with Gasteiger partial charge in [0, 0.05) is 12.2 Å². The Kier molecular flexibility index (Phi) is 5.44. The lowest BCUT2D eigenvalue weighted by Gasteiger charge is -2.06. The van der Waals surface area contributed by atoms with Crippen molar-refractivity contribution in [3.8, 4) is 0 Å². The van der Waals surface area contributed by atoms with E-state index in [4.69, 9.17) is 5.11 Å². The summed E-state index contributed by atoms with van der Waals surface area (Å²) in [5.74, 6) is 0. The number of nitrogens with one attached hydrogen (secondary N) is 1. The highest BCUT2D eigenvalue weighted by atomic mass is 32.1. The van der Waals surface area contributed by atoms with Crippen LogP contribution in [0.25, 0.3) is 0 Å². The van der Waals surface area contributed by atoms with Gasteiger partial charge in [-0.1, -0.05) is 0 Å². The molecule has 10 heteroatoms. The first-order valence-electron chi connectivity index (χ1n) is 6.54. The van der Waals surface area contributed by atoms with Crippen molar-refractivity contribution in [2.24, 2.45) is 15.4 Å². The predicted octanol–water partition coefficient (Wildman–Crippen LogP) is 4.18. The molecule has 0 atom stereocenters. The van der Waals surface area contributed by atoms with Crippen LogP contribution >= 0.6 is 11.3 Å². The Morgan fingerprint density at radius 1 is 1.30 bits per heavy atom. The molecule has 23 heavy (non-hydrogen) atoms. The van der Waals surface area contributed by atoms with Crippen LogP contribution in [0.3, 0.4) is 0 Å². The van der Waals surface area contributed by atoms with Crippen molar-refractivity contribution in [2.45, 2.75) is 6.92 Å². The fraction of sp³-hybridized carbons (Fsp3) is 0.231. The van der Waals surface area contributed by atoms with Crippen molar-refractivity contribution < 1.29 is 10.0 Å². The zero-order valence-electron chi connectivity index (χ0n) is 12.1. The van der Waals surface area contributed by atoms with Gasteiger partial charge < -0.3 is 10.4 Å². The maximum absolute atomic E-state index is 10.7. The number of aryl methyl sites for hydroxylation is 1. The van der Waals surface area contributed by atoms with E-state index < -0.39 is 4.92 Å². The highest BCUT2D eigenvalue weighted by Gasteiger charge is 2.17. The van der Waals surface area contributed by atoms with E-state index in [0.717, 1.165) is 28.7 Å². The SMILES string of the molecule is Cc1cc(NCCO)ccc1N=Nc1sc([N+](=O)[O-])cc1N=O. The van der Waals surface area contributed by atoms with Crippen molar-refractivity contribution in [2.75, 3.05) is 18.5 Å². The molecule has 120 valence electrons. The molecule has 0 fully saturated rings. The zero-order chi connectivity index (χ0) is 16.8. The first kappa shape index (κ1) is 16.6. The Bertz CT molecular complexity index is 759. The minimum Gasteiger partial charge on any atom is -0.395 e. The summed E-state index contributed by atoms with van der Waals surface area (Å²) in [5, 5.41) is 33.0. The number of rotatable bonds is 7. The molecule has 0 amide bonds. The molecular weight excluding hydrogens is 322 g/mol. The molecule has 0 spiro atoms. The second-order valence-corrected chi connectivity index (χ2v) is 5.48. The normalized spacial score (nSPS) is 10.9. The summed E-state index contributed by atoms with van der Waals surface area (Å²) in [6.07, 6.45) is 0. The van der Waals surface area contributed by atoms with Gasteiger partial charge in [-0.25, -0.2) is 0 Å². The summed E-state index contributed by atoms with van der Waals surface area (Å²) >= 11 is 0.738. The largest absolute Gasteiger partial charge is 0.395 e. The van der Waals surface area contributed by atoms with Gasteiger partial charge >= 0.3 is 5.00 Å². The molecule has 1 aromatic carbocycles. The molecule has 0 saturated carbocycles. The zero-order valence-corrected chi connectivity index (χ0v) is 12.9. The van der Waals surface area contributed by atoms with Crippen LogP contribution in [0, 0.1) is 21.9 Å². The van der Waals surface area contributed by atoms with Crippen molar-refractivity contribution in [3.63, 3.8) is 0 Å². The van der Waals surface area contributed by atoms with Crippen LogP contribution in [-0.2, 0) is 0 Å². The van der Waals surface area contributed by atoms with Gasteiger partial charge in [0.15, 0.2) is 10.7 Å². The monoisotopic (exact) mass is 335 g/mol. The Morgan fingerprint density at radius 2 is 2.09 bits per heavy atom. The number of hydrogen-bond acceptors (Lipinski definition) is 9. The number of nitroso groups, excluding NO2 is 1. The average Bonchev–Trinajstić information content (AvgIpc) is 2.95. The van der Waals surface area contributed by atoms with Crippen LogP contribution in [0.2, 0.25) is 0 Å². The number of nitro groups is 1. The van der Waals surface area contributed by atoms with Crippen LogP contribution < -0.4 is 5.32 Å². The van der Waals surface area contributed by atoms with E-state index in [1.807, 2.05) is 13.0 Å².